The van der Waals surface area contributed by atoms with Crippen molar-refractivity contribution in [1.82, 2.24) is 0 Å². The monoisotopic (exact) mass is 214 g/mol. The molecule has 0 aliphatic heterocycles. The second-order valence-electron chi connectivity index (χ2n) is 4.26. The van der Waals surface area contributed by atoms with Gasteiger partial charge in [0.1, 0.15) is 0 Å². The number of hydrogen-bond acceptors (Lipinski definition) is 5. The lowest BCUT2D eigenvalue weighted by Crippen LogP contribution is -2.22. The number of hydrogen-bond donors (Lipinski definition) is 0. The van der Waals surface area contributed by atoms with E-state index in [1.54, 1.807) is 27.7 Å². The third-order valence-corrected chi connectivity index (χ3v) is 1.78. The maximum absolute atomic E-state index is 11.4. The van der Waals surface area contributed by atoms with Crippen LogP contribution < -0.4 is 5.82 Å². The quantitative estimate of drug-likeness (QED) is 0.700. The van der Waals surface area contributed by atoms with Gasteiger partial charge in [-0.3, -0.25) is 4.79 Å². The van der Waals surface area contributed by atoms with Gasteiger partial charge in [0, 0.05) is 0 Å². The van der Waals surface area contributed by atoms with Crippen molar-refractivity contribution in [2.75, 3.05) is 0 Å². The summed E-state index contributed by atoms with van der Waals surface area (Å²) >= 11 is 0. The first-order chi connectivity index (χ1) is 6.80. The zero-order chi connectivity index (χ0) is 11.6. The minimum atomic E-state index is -0.783. The molecular formula is C10H14O5. The number of carbonyl (C=O) groups is 1. The van der Waals surface area contributed by atoms with Gasteiger partial charge in [-0.15, -0.1) is 0 Å². The molecule has 84 valence electrons. The number of esters is 1. The molecule has 0 saturated heterocycles. The van der Waals surface area contributed by atoms with Crippen molar-refractivity contribution in [2.24, 2.45) is 5.41 Å². The van der Waals surface area contributed by atoms with Crippen LogP contribution in [0.15, 0.2) is 13.6 Å². The second-order valence-corrected chi connectivity index (χ2v) is 4.26. The van der Waals surface area contributed by atoms with Gasteiger partial charge in [0.2, 0.25) is 0 Å². The number of ether oxygens (including phenoxy) is 1. The SMILES string of the molecule is Cc1oc(=O)oc1COC(=O)C(C)(C)C. The molecule has 0 aliphatic rings. The van der Waals surface area contributed by atoms with Crippen molar-refractivity contribution < 1.29 is 18.4 Å². The number of carbonyl (C=O) groups excluding carboxylic acids is 1. The van der Waals surface area contributed by atoms with Crippen LogP contribution in [0.3, 0.4) is 0 Å². The zero-order valence-electron chi connectivity index (χ0n) is 9.25. The van der Waals surface area contributed by atoms with Crippen LogP contribution in [0.1, 0.15) is 32.3 Å². The molecule has 0 spiro atoms. The van der Waals surface area contributed by atoms with Gasteiger partial charge in [0.25, 0.3) is 0 Å². The summed E-state index contributed by atoms with van der Waals surface area (Å²) in [4.78, 5) is 22.1. The first-order valence-electron chi connectivity index (χ1n) is 4.57. The molecule has 0 aliphatic carbocycles. The van der Waals surface area contributed by atoms with Crippen LogP contribution >= 0.6 is 0 Å². The summed E-state index contributed by atoms with van der Waals surface area (Å²) in [5, 5.41) is 0. The summed E-state index contributed by atoms with van der Waals surface area (Å²) < 4.78 is 14.3. The second kappa shape index (κ2) is 3.92. The van der Waals surface area contributed by atoms with Crippen molar-refractivity contribution in [1.29, 1.82) is 0 Å². The lowest BCUT2D eigenvalue weighted by Gasteiger charge is -2.15. The van der Waals surface area contributed by atoms with Crippen molar-refractivity contribution in [3.05, 3.63) is 22.1 Å². The normalized spacial score (nSPS) is 11.5. The van der Waals surface area contributed by atoms with E-state index in [2.05, 4.69) is 8.83 Å². The Bertz CT molecular complexity index is 404. The van der Waals surface area contributed by atoms with Gasteiger partial charge < -0.3 is 13.6 Å². The first kappa shape index (κ1) is 11.6. The molecule has 0 atom stereocenters. The van der Waals surface area contributed by atoms with Gasteiger partial charge in [-0.2, -0.15) is 0 Å². The van der Waals surface area contributed by atoms with E-state index in [1.165, 1.54) is 0 Å². The average Bonchev–Trinajstić information content (AvgIpc) is 2.39. The van der Waals surface area contributed by atoms with Gasteiger partial charge in [0.15, 0.2) is 18.1 Å². The van der Waals surface area contributed by atoms with E-state index in [1.807, 2.05) is 0 Å². The molecule has 0 bridgehead atoms. The molecule has 0 saturated carbocycles. The summed E-state index contributed by atoms with van der Waals surface area (Å²) in [7, 11) is 0. The fourth-order valence-electron chi connectivity index (χ4n) is 0.854. The molecule has 5 heteroatoms. The summed E-state index contributed by atoms with van der Waals surface area (Å²) in [5.41, 5.74) is -0.571. The molecule has 0 aromatic carbocycles. The van der Waals surface area contributed by atoms with Crippen molar-refractivity contribution in [2.45, 2.75) is 34.3 Å². The van der Waals surface area contributed by atoms with Gasteiger partial charge in [0.05, 0.1) is 5.41 Å². The minimum absolute atomic E-state index is 0.0757. The zero-order valence-corrected chi connectivity index (χ0v) is 9.25. The van der Waals surface area contributed by atoms with Gasteiger partial charge in [-0.25, -0.2) is 4.79 Å². The fraction of sp³-hybridized carbons (Fsp3) is 0.600. The Labute approximate surface area is 87.0 Å². The topological polar surface area (TPSA) is 69.7 Å². The molecule has 5 nitrogen and oxygen atoms in total. The van der Waals surface area contributed by atoms with Crippen LogP contribution in [-0.2, 0) is 16.1 Å². The third-order valence-electron chi connectivity index (χ3n) is 1.78. The molecular weight excluding hydrogens is 200 g/mol. The van der Waals surface area contributed by atoms with Crippen molar-refractivity contribution in [3.63, 3.8) is 0 Å². The molecule has 15 heavy (non-hydrogen) atoms. The molecule has 1 aromatic rings. The summed E-state index contributed by atoms with van der Waals surface area (Å²) in [5.74, 6) is -0.556. The maximum atomic E-state index is 11.4. The smallest absolute Gasteiger partial charge is 0.457 e. The van der Waals surface area contributed by atoms with Crippen LogP contribution in [0.4, 0.5) is 0 Å². The van der Waals surface area contributed by atoms with Gasteiger partial charge in [-0.1, -0.05) is 0 Å². The van der Waals surface area contributed by atoms with E-state index in [0.717, 1.165) is 0 Å². The Morgan fingerprint density at radius 3 is 2.33 bits per heavy atom. The Morgan fingerprint density at radius 1 is 1.33 bits per heavy atom. The van der Waals surface area contributed by atoms with E-state index in [-0.39, 0.29) is 18.3 Å². The molecule has 0 N–H and O–H groups in total. The lowest BCUT2D eigenvalue weighted by molar-refractivity contribution is -0.154. The standard InChI is InChI=1S/C10H14O5/c1-6-7(15-9(12)14-6)5-13-8(11)10(2,3)4/h5H2,1-4H3. The van der Waals surface area contributed by atoms with Crippen LogP contribution in [0, 0.1) is 12.3 Å². The van der Waals surface area contributed by atoms with Crippen LogP contribution in [0.25, 0.3) is 0 Å². The Hall–Kier alpha value is -1.52. The van der Waals surface area contributed by atoms with E-state index in [9.17, 15) is 9.59 Å². The predicted molar refractivity (Wildman–Crippen MR) is 51.2 cm³/mol. The Balaban J connectivity index is 2.62. The highest BCUT2D eigenvalue weighted by Gasteiger charge is 2.24. The predicted octanol–water partition coefficient (Wildman–Crippen LogP) is 1.63. The summed E-state index contributed by atoms with van der Waals surface area (Å²) in [6.45, 7) is 6.73. The first-order valence-corrected chi connectivity index (χ1v) is 4.57. The molecule has 0 radical (unpaired) electrons. The van der Waals surface area contributed by atoms with E-state index >= 15 is 0 Å². The summed E-state index contributed by atoms with van der Waals surface area (Å²) in [6.07, 6.45) is 0. The minimum Gasteiger partial charge on any atom is -0.457 e. The molecule has 1 heterocycles. The highest BCUT2D eigenvalue weighted by molar-refractivity contribution is 5.75. The summed E-state index contributed by atoms with van der Waals surface area (Å²) in [6, 6.07) is 0. The lowest BCUT2D eigenvalue weighted by atomic mass is 9.97. The largest absolute Gasteiger partial charge is 0.519 e. The molecule has 1 aromatic heterocycles. The number of rotatable bonds is 2. The van der Waals surface area contributed by atoms with Crippen LogP contribution in [-0.4, -0.2) is 5.97 Å². The molecule has 0 amide bonds. The van der Waals surface area contributed by atoms with Crippen molar-refractivity contribution in [3.8, 4) is 0 Å². The van der Waals surface area contributed by atoms with Gasteiger partial charge >= 0.3 is 11.8 Å². The van der Waals surface area contributed by atoms with Crippen LogP contribution in [0.2, 0.25) is 0 Å². The van der Waals surface area contributed by atoms with E-state index < -0.39 is 11.2 Å². The van der Waals surface area contributed by atoms with Crippen LogP contribution in [0.5, 0.6) is 0 Å². The highest BCUT2D eigenvalue weighted by Crippen LogP contribution is 2.17. The molecule has 0 unspecified atom stereocenters. The maximum Gasteiger partial charge on any atom is 0.519 e. The Kier molecular flexibility index (Phi) is 3.02. The molecule has 1 rings (SSSR count). The Morgan fingerprint density at radius 2 is 1.93 bits per heavy atom. The third kappa shape index (κ3) is 2.97. The fourth-order valence-corrected chi connectivity index (χ4v) is 0.854. The highest BCUT2D eigenvalue weighted by atomic mass is 16.6. The van der Waals surface area contributed by atoms with E-state index in [4.69, 9.17) is 4.74 Å². The van der Waals surface area contributed by atoms with E-state index in [0.29, 0.717) is 5.76 Å². The number of aryl methyl sites for hydroxylation is 1. The average molecular weight is 214 g/mol. The van der Waals surface area contributed by atoms with Crippen molar-refractivity contribution >= 4 is 5.97 Å². The van der Waals surface area contributed by atoms with Gasteiger partial charge in [-0.05, 0) is 27.7 Å². The molecule has 0 fully saturated rings.